The van der Waals surface area contributed by atoms with Gasteiger partial charge in [-0.15, -0.1) is 0 Å². The normalized spacial score (nSPS) is 15.1. The lowest BCUT2D eigenvalue weighted by atomic mass is 10.1. The van der Waals surface area contributed by atoms with Crippen molar-refractivity contribution in [3.05, 3.63) is 60.2 Å². The van der Waals surface area contributed by atoms with Crippen molar-refractivity contribution in [2.24, 2.45) is 0 Å². The number of amides is 1. The van der Waals surface area contributed by atoms with Crippen molar-refractivity contribution in [1.29, 1.82) is 0 Å². The Morgan fingerprint density at radius 1 is 0.846 bits per heavy atom. The van der Waals surface area contributed by atoms with E-state index in [9.17, 15) is 4.79 Å². The molecule has 0 heterocycles. The minimum absolute atomic E-state index is 0.0112. The van der Waals surface area contributed by atoms with Crippen LogP contribution in [0.5, 0.6) is 11.5 Å². The number of carbonyl (C=O) groups excluding carboxylic acids is 1. The first-order chi connectivity index (χ1) is 12.8. The summed E-state index contributed by atoms with van der Waals surface area (Å²) in [4.78, 5) is 12.5. The van der Waals surface area contributed by atoms with Gasteiger partial charge in [0.15, 0.2) is 0 Å². The molecule has 1 fully saturated rings. The molecule has 1 aliphatic carbocycles. The lowest BCUT2D eigenvalue weighted by molar-refractivity contribution is 0.0933. The Morgan fingerprint density at radius 2 is 1.50 bits per heavy atom. The van der Waals surface area contributed by atoms with Gasteiger partial charge in [0.2, 0.25) is 0 Å². The van der Waals surface area contributed by atoms with Crippen molar-refractivity contribution in [3.8, 4) is 11.5 Å². The molecule has 26 heavy (non-hydrogen) atoms. The van der Waals surface area contributed by atoms with E-state index >= 15 is 0 Å². The molecule has 2 aromatic carbocycles. The molecule has 3 rings (SSSR count). The minimum atomic E-state index is -0.0112. The Bertz CT molecular complexity index is 679. The highest BCUT2D eigenvalue weighted by Gasteiger charge is 2.16. The van der Waals surface area contributed by atoms with Crippen LogP contribution in [-0.4, -0.2) is 25.2 Å². The molecule has 0 bridgehead atoms. The van der Waals surface area contributed by atoms with E-state index in [1.54, 1.807) is 6.07 Å². The third kappa shape index (κ3) is 5.80. The molecule has 0 atom stereocenters. The number of nitrogens with one attached hydrogen (secondary N) is 1. The van der Waals surface area contributed by atoms with Gasteiger partial charge in [-0.2, -0.15) is 0 Å². The number of para-hydroxylation sites is 1. The molecule has 138 valence electrons. The highest BCUT2D eigenvalue weighted by atomic mass is 16.5. The van der Waals surface area contributed by atoms with Gasteiger partial charge < -0.3 is 14.8 Å². The molecule has 1 aliphatic rings. The van der Waals surface area contributed by atoms with Crippen LogP contribution in [0.3, 0.4) is 0 Å². The molecule has 4 nitrogen and oxygen atoms in total. The van der Waals surface area contributed by atoms with Gasteiger partial charge in [-0.25, -0.2) is 0 Å². The van der Waals surface area contributed by atoms with Crippen LogP contribution in [0, 0.1) is 0 Å². The van der Waals surface area contributed by atoms with E-state index in [1.807, 2.05) is 48.5 Å². The third-order valence-electron chi connectivity index (χ3n) is 4.65. The molecule has 0 radical (unpaired) electrons. The molecule has 0 saturated heterocycles. The van der Waals surface area contributed by atoms with E-state index in [0.717, 1.165) is 18.6 Å². The summed E-state index contributed by atoms with van der Waals surface area (Å²) in [6, 6.07) is 17.3. The average molecular weight is 353 g/mol. The van der Waals surface area contributed by atoms with E-state index in [-0.39, 0.29) is 5.91 Å². The first kappa shape index (κ1) is 18.3. The molecule has 0 spiro atoms. The second kappa shape index (κ2) is 9.85. The first-order valence-electron chi connectivity index (χ1n) is 9.53. The summed E-state index contributed by atoms with van der Waals surface area (Å²) in [5, 5.41) is 3.17. The highest BCUT2D eigenvalue weighted by Crippen LogP contribution is 2.19. The summed E-state index contributed by atoms with van der Waals surface area (Å²) in [7, 11) is 0. The maximum absolute atomic E-state index is 12.5. The number of hydrogen-bond acceptors (Lipinski definition) is 3. The van der Waals surface area contributed by atoms with E-state index in [2.05, 4.69) is 5.32 Å². The molecule has 1 amide bonds. The molecule has 1 N–H and O–H groups in total. The predicted molar refractivity (Wildman–Crippen MR) is 103 cm³/mol. The van der Waals surface area contributed by atoms with Crippen LogP contribution >= 0.6 is 0 Å². The fourth-order valence-corrected chi connectivity index (χ4v) is 3.26. The Balaban J connectivity index is 1.46. The molecule has 0 aromatic heterocycles. The number of ether oxygens (including phenoxy) is 2. The van der Waals surface area contributed by atoms with Gasteiger partial charge >= 0.3 is 0 Å². The van der Waals surface area contributed by atoms with Gasteiger partial charge in [0.1, 0.15) is 24.7 Å². The van der Waals surface area contributed by atoms with E-state index < -0.39 is 0 Å². The van der Waals surface area contributed by atoms with Gasteiger partial charge in [-0.1, -0.05) is 49.9 Å². The van der Waals surface area contributed by atoms with Crippen molar-refractivity contribution in [2.45, 2.75) is 44.6 Å². The van der Waals surface area contributed by atoms with Crippen molar-refractivity contribution in [1.82, 2.24) is 5.32 Å². The summed E-state index contributed by atoms with van der Waals surface area (Å²) < 4.78 is 11.3. The maximum atomic E-state index is 12.5. The standard InChI is InChI=1S/C22H27NO3/c24-22(23-19-10-4-1-2-5-11-19)18-9-8-14-21(17-18)26-16-15-25-20-12-6-3-7-13-20/h3,6-9,12-14,17,19H,1-2,4-5,10-11,15-16H2,(H,23,24). The lowest BCUT2D eigenvalue weighted by Gasteiger charge is -2.16. The Morgan fingerprint density at radius 3 is 2.23 bits per heavy atom. The molecular weight excluding hydrogens is 326 g/mol. The van der Waals surface area contributed by atoms with Gasteiger partial charge in [-0.3, -0.25) is 4.79 Å². The van der Waals surface area contributed by atoms with E-state index in [4.69, 9.17) is 9.47 Å². The Kier molecular flexibility index (Phi) is 6.94. The zero-order chi connectivity index (χ0) is 18.0. The van der Waals surface area contributed by atoms with Gasteiger partial charge in [0.05, 0.1) is 0 Å². The summed E-state index contributed by atoms with van der Waals surface area (Å²) in [6.07, 6.45) is 7.13. The topological polar surface area (TPSA) is 47.6 Å². The number of carbonyl (C=O) groups is 1. The van der Waals surface area contributed by atoms with Crippen molar-refractivity contribution >= 4 is 5.91 Å². The van der Waals surface area contributed by atoms with Crippen LogP contribution in [0.2, 0.25) is 0 Å². The molecule has 0 aliphatic heterocycles. The van der Waals surface area contributed by atoms with Crippen LogP contribution in [0.4, 0.5) is 0 Å². The number of benzene rings is 2. The summed E-state index contributed by atoms with van der Waals surface area (Å²) >= 11 is 0. The van der Waals surface area contributed by atoms with Crippen molar-refractivity contribution in [3.63, 3.8) is 0 Å². The zero-order valence-electron chi connectivity index (χ0n) is 15.2. The van der Waals surface area contributed by atoms with Gasteiger partial charge in [0, 0.05) is 11.6 Å². The van der Waals surface area contributed by atoms with Crippen LogP contribution < -0.4 is 14.8 Å². The van der Waals surface area contributed by atoms with E-state index in [0.29, 0.717) is 30.6 Å². The van der Waals surface area contributed by atoms with Gasteiger partial charge in [-0.05, 0) is 43.2 Å². The average Bonchev–Trinajstić information content (AvgIpc) is 2.95. The molecular formula is C22H27NO3. The number of rotatable bonds is 7. The second-order valence-corrected chi connectivity index (χ2v) is 6.70. The maximum Gasteiger partial charge on any atom is 0.251 e. The Labute approximate surface area is 155 Å². The predicted octanol–water partition coefficient (Wildman–Crippen LogP) is 4.60. The lowest BCUT2D eigenvalue weighted by Crippen LogP contribution is -2.34. The largest absolute Gasteiger partial charge is 0.490 e. The second-order valence-electron chi connectivity index (χ2n) is 6.70. The molecule has 1 saturated carbocycles. The van der Waals surface area contributed by atoms with Crippen LogP contribution in [-0.2, 0) is 0 Å². The zero-order valence-corrected chi connectivity index (χ0v) is 15.2. The highest BCUT2D eigenvalue weighted by molar-refractivity contribution is 5.94. The summed E-state index contributed by atoms with van der Waals surface area (Å²) in [5.41, 5.74) is 0.649. The molecule has 0 unspecified atom stereocenters. The van der Waals surface area contributed by atoms with Crippen molar-refractivity contribution < 1.29 is 14.3 Å². The van der Waals surface area contributed by atoms with Crippen molar-refractivity contribution in [2.75, 3.05) is 13.2 Å². The van der Waals surface area contributed by atoms with Crippen LogP contribution in [0.25, 0.3) is 0 Å². The smallest absolute Gasteiger partial charge is 0.251 e. The summed E-state index contributed by atoms with van der Waals surface area (Å²) in [5.74, 6) is 1.51. The quantitative estimate of drug-likeness (QED) is 0.585. The van der Waals surface area contributed by atoms with Crippen LogP contribution in [0.1, 0.15) is 48.9 Å². The van der Waals surface area contributed by atoms with Gasteiger partial charge in [0.25, 0.3) is 5.91 Å². The van der Waals surface area contributed by atoms with E-state index in [1.165, 1.54) is 25.7 Å². The Hall–Kier alpha value is -2.49. The molecule has 4 heteroatoms. The van der Waals surface area contributed by atoms with Crippen LogP contribution in [0.15, 0.2) is 54.6 Å². The fraction of sp³-hybridized carbons (Fsp3) is 0.409. The summed E-state index contributed by atoms with van der Waals surface area (Å²) in [6.45, 7) is 0.894. The minimum Gasteiger partial charge on any atom is -0.490 e. The first-order valence-corrected chi connectivity index (χ1v) is 9.53. The number of hydrogen-bond donors (Lipinski definition) is 1. The third-order valence-corrected chi connectivity index (χ3v) is 4.65. The monoisotopic (exact) mass is 353 g/mol. The fourth-order valence-electron chi connectivity index (χ4n) is 3.26. The SMILES string of the molecule is O=C(NC1CCCCCC1)c1cccc(OCCOc2ccccc2)c1. The molecule has 2 aromatic rings.